The summed E-state index contributed by atoms with van der Waals surface area (Å²) in [4.78, 5) is 24.2. The summed E-state index contributed by atoms with van der Waals surface area (Å²) in [5.74, 6) is 3.95. The molecule has 4 aliphatic carbocycles. The maximum absolute atomic E-state index is 12.2. The zero-order valence-electron chi connectivity index (χ0n) is 21.4. The van der Waals surface area contributed by atoms with Gasteiger partial charge in [-0.15, -0.1) is 0 Å². The molecule has 0 spiro atoms. The topological polar surface area (TPSA) is 43.4 Å². The van der Waals surface area contributed by atoms with E-state index in [9.17, 15) is 9.59 Å². The number of ether oxygens (including phenoxy) is 1. The first-order valence-electron chi connectivity index (χ1n) is 13.5. The fraction of sp³-hybridized carbons (Fsp3) is 0.862. The van der Waals surface area contributed by atoms with Crippen LogP contribution in [0.2, 0.25) is 0 Å². The van der Waals surface area contributed by atoms with Crippen LogP contribution in [0.1, 0.15) is 106 Å². The second kappa shape index (κ2) is 8.91. The SMILES string of the molecule is CC(=O)OC1CCCC2=CC[C@H]3[C@@H]4CC[C@H]([C@H](C)CCC(=O)C(C)C)[C@@]4(C)CC[C@@H]3[C@]21C. The third-order valence-corrected chi connectivity index (χ3v) is 10.7. The maximum Gasteiger partial charge on any atom is 0.302 e. The highest BCUT2D eigenvalue weighted by Gasteiger charge is 2.61. The zero-order chi connectivity index (χ0) is 23.3. The normalized spacial score (nSPS) is 41.8. The van der Waals surface area contributed by atoms with Crippen LogP contribution < -0.4 is 0 Å². The third kappa shape index (κ3) is 3.90. The fourth-order valence-corrected chi connectivity index (χ4v) is 8.91. The van der Waals surface area contributed by atoms with E-state index in [4.69, 9.17) is 4.74 Å². The monoisotopic (exact) mass is 442 g/mol. The fourth-order valence-electron chi connectivity index (χ4n) is 8.91. The summed E-state index contributed by atoms with van der Waals surface area (Å²) < 4.78 is 5.97. The molecular weight excluding hydrogens is 396 g/mol. The van der Waals surface area contributed by atoms with Crippen LogP contribution in [-0.2, 0) is 14.3 Å². The highest BCUT2D eigenvalue weighted by Crippen LogP contribution is 2.67. The summed E-state index contributed by atoms with van der Waals surface area (Å²) in [6.45, 7) is 13.1. The number of carbonyl (C=O) groups excluding carboxylic acids is 2. The van der Waals surface area contributed by atoms with Gasteiger partial charge in [-0.2, -0.15) is 0 Å². The molecule has 3 heteroatoms. The van der Waals surface area contributed by atoms with Gasteiger partial charge in [0.1, 0.15) is 11.9 Å². The third-order valence-electron chi connectivity index (χ3n) is 10.7. The quantitative estimate of drug-likeness (QED) is 0.324. The van der Waals surface area contributed by atoms with Crippen LogP contribution in [0.4, 0.5) is 0 Å². The average molecular weight is 443 g/mol. The van der Waals surface area contributed by atoms with E-state index < -0.39 is 0 Å². The van der Waals surface area contributed by atoms with Crippen LogP contribution in [0.5, 0.6) is 0 Å². The number of rotatable bonds is 6. The van der Waals surface area contributed by atoms with Gasteiger partial charge >= 0.3 is 5.97 Å². The van der Waals surface area contributed by atoms with E-state index in [2.05, 4.69) is 26.8 Å². The molecule has 3 nitrogen and oxygen atoms in total. The van der Waals surface area contributed by atoms with Gasteiger partial charge in [-0.3, -0.25) is 9.59 Å². The lowest BCUT2D eigenvalue weighted by molar-refractivity contribution is -0.162. The minimum absolute atomic E-state index is 0.0293. The van der Waals surface area contributed by atoms with Crippen molar-refractivity contribution in [3.05, 3.63) is 11.6 Å². The highest BCUT2D eigenvalue weighted by molar-refractivity contribution is 5.80. The molecule has 0 aromatic rings. The van der Waals surface area contributed by atoms with Gasteiger partial charge in [0.05, 0.1) is 0 Å². The molecule has 0 radical (unpaired) electrons. The van der Waals surface area contributed by atoms with Crippen molar-refractivity contribution in [3.8, 4) is 0 Å². The summed E-state index contributed by atoms with van der Waals surface area (Å²) in [5.41, 5.74) is 2.01. The van der Waals surface area contributed by atoms with Crippen LogP contribution in [0.3, 0.4) is 0 Å². The predicted octanol–water partition coefficient (Wildman–Crippen LogP) is 7.14. The second-order valence-corrected chi connectivity index (χ2v) is 12.5. The largest absolute Gasteiger partial charge is 0.462 e. The molecule has 1 unspecified atom stereocenters. The van der Waals surface area contributed by atoms with Gasteiger partial charge in [-0.1, -0.05) is 46.3 Å². The summed E-state index contributed by atoms with van der Waals surface area (Å²) in [6.07, 6.45) is 14.2. The van der Waals surface area contributed by atoms with Crippen LogP contribution in [0.25, 0.3) is 0 Å². The van der Waals surface area contributed by atoms with Gasteiger partial charge in [-0.05, 0) is 92.8 Å². The van der Waals surface area contributed by atoms with E-state index in [0.717, 1.165) is 37.5 Å². The molecular formula is C29H46O3. The van der Waals surface area contributed by atoms with Gasteiger partial charge in [0.15, 0.2) is 0 Å². The summed E-state index contributed by atoms with van der Waals surface area (Å²) in [7, 11) is 0. The zero-order valence-corrected chi connectivity index (χ0v) is 21.4. The van der Waals surface area contributed by atoms with Crippen molar-refractivity contribution in [2.45, 2.75) is 112 Å². The van der Waals surface area contributed by atoms with Crippen molar-refractivity contribution in [2.75, 3.05) is 0 Å². The molecule has 0 bridgehead atoms. The Bertz CT molecular complexity index is 766. The van der Waals surface area contributed by atoms with E-state index in [-0.39, 0.29) is 23.4 Å². The first-order valence-corrected chi connectivity index (χ1v) is 13.5. The number of esters is 1. The van der Waals surface area contributed by atoms with Gasteiger partial charge in [0, 0.05) is 24.7 Å². The predicted molar refractivity (Wildman–Crippen MR) is 129 cm³/mol. The van der Waals surface area contributed by atoms with Crippen molar-refractivity contribution in [1.82, 2.24) is 0 Å². The average Bonchev–Trinajstić information content (AvgIpc) is 3.09. The van der Waals surface area contributed by atoms with Crippen LogP contribution >= 0.6 is 0 Å². The molecule has 4 rings (SSSR count). The number of carbonyl (C=O) groups is 2. The molecule has 4 aliphatic rings. The molecule has 0 N–H and O–H groups in total. The molecule has 0 aromatic carbocycles. The van der Waals surface area contributed by atoms with Crippen molar-refractivity contribution < 1.29 is 14.3 Å². The van der Waals surface area contributed by atoms with Crippen molar-refractivity contribution in [3.63, 3.8) is 0 Å². The minimum Gasteiger partial charge on any atom is -0.462 e. The first kappa shape index (κ1) is 24.0. The highest BCUT2D eigenvalue weighted by atomic mass is 16.5. The van der Waals surface area contributed by atoms with Crippen molar-refractivity contribution in [2.24, 2.45) is 46.3 Å². The molecule has 0 aromatic heterocycles. The molecule has 0 heterocycles. The van der Waals surface area contributed by atoms with Gasteiger partial charge in [0.25, 0.3) is 0 Å². The number of hydrogen-bond acceptors (Lipinski definition) is 3. The number of hydrogen-bond donors (Lipinski definition) is 0. The Labute approximate surface area is 196 Å². The molecule has 0 aliphatic heterocycles. The number of fused-ring (bicyclic) bond motifs is 5. The van der Waals surface area contributed by atoms with Crippen molar-refractivity contribution >= 4 is 11.8 Å². The van der Waals surface area contributed by atoms with Gasteiger partial charge in [0.2, 0.25) is 0 Å². The molecule has 0 saturated heterocycles. The Kier molecular flexibility index (Phi) is 6.69. The van der Waals surface area contributed by atoms with Crippen LogP contribution in [-0.4, -0.2) is 17.9 Å². The van der Waals surface area contributed by atoms with E-state index in [1.807, 2.05) is 13.8 Å². The lowest BCUT2D eigenvalue weighted by Gasteiger charge is -2.59. The Morgan fingerprint density at radius 3 is 2.53 bits per heavy atom. The van der Waals surface area contributed by atoms with Crippen LogP contribution in [0, 0.1) is 46.3 Å². The summed E-state index contributed by atoms with van der Waals surface area (Å²) >= 11 is 0. The molecule has 8 atom stereocenters. The smallest absolute Gasteiger partial charge is 0.302 e. The first-order chi connectivity index (χ1) is 15.1. The molecule has 3 fully saturated rings. The minimum atomic E-state index is -0.119. The standard InChI is InChI=1S/C29H46O3/c1-18(2)26(31)15-10-19(3)23-13-14-24-22-12-11-21-8-7-9-27(32-20(4)30)29(21,6)25(22)16-17-28(23,24)5/h11,18-19,22-25,27H,7-10,12-17H2,1-6H3/t19-,22+,23-,24+,25+,27?,28-,29+/m1/s1. The molecule has 180 valence electrons. The number of ketones is 1. The molecule has 32 heavy (non-hydrogen) atoms. The Morgan fingerprint density at radius 2 is 1.84 bits per heavy atom. The van der Waals surface area contributed by atoms with Gasteiger partial charge in [-0.25, -0.2) is 0 Å². The number of Topliss-reactive ketones (excluding diaryl/α,β-unsaturated/α-hetero) is 1. The van der Waals surface area contributed by atoms with Gasteiger partial charge < -0.3 is 4.74 Å². The lowest BCUT2D eigenvalue weighted by Crippen LogP contribution is -2.55. The summed E-state index contributed by atoms with van der Waals surface area (Å²) in [6, 6.07) is 0. The van der Waals surface area contributed by atoms with Crippen LogP contribution in [0.15, 0.2) is 11.6 Å². The summed E-state index contributed by atoms with van der Waals surface area (Å²) in [5, 5.41) is 0. The van der Waals surface area contributed by atoms with E-state index >= 15 is 0 Å². The van der Waals surface area contributed by atoms with E-state index in [1.54, 1.807) is 12.5 Å². The van der Waals surface area contributed by atoms with E-state index in [1.165, 1.54) is 38.5 Å². The second-order valence-electron chi connectivity index (χ2n) is 12.5. The maximum atomic E-state index is 12.2. The molecule has 3 saturated carbocycles. The Morgan fingerprint density at radius 1 is 1.09 bits per heavy atom. The Balaban J connectivity index is 1.53. The van der Waals surface area contributed by atoms with E-state index in [0.29, 0.717) is 29.0 Å². The molecule has 0 amide bonds. The Hall–Kier alpha value is -1.12. The number of allylic oxidation sites excluding steroid dienone is 1. The van der Waals surface area contributed by atoms with Crippen molar-refractivity contribution in [1.29, 1.82) is 0 Å². The lowest BCUT2D eigenvalue weighted by atomic mass is 9.46.